The third-order valence-electron chi connectivity index (χ3n) is 5.19. The summed E-state index contributed by atoms with van der Waals surface area (Å²) in [6, 6.07) is 7.56. The number of methoxy groups -OCH3 is 1. The molecule has 130 valence electrons. The first kappa shape index (κ1) is 16.8. The third-order valence-corrected chi connectivity index (χ3v) is 5.19. The Kier molecular flexibility index (Phi) is 5.38. The zero-order valence-corrected chi connectivity index (χ0v) is 14.3. The third kappa shape index (κ3) is 3.89. The van der Waals surface area contributed by atoms with Gasteiger partial charge in [-0.25, -0.2) is 0 Å². The summed E-state index contributed by atoms with van der Waals surface area (Å²) in [5, 5.41) is 3.18. The van der Waals surface area contributed by atoms with Crippen molar-refractivity contribution in [3.63, 3.8) is 0 Å². The molecule has 1 aliphatic heterocycles. The number of nitrogens with zero attached hydrogens (tertiary/aromatic N) is 1. The van der Waals surface area contributed by atoms with E-state index >= 15 is 0 Å². The lowest BCUT2D eigenvalue weighted by molar-refractivity contribution is -0.127. The van der Waals surface area contributed by atoms with Crippen LogP contribution in [-0.4, -0.2) is 43.0 Å². The van der Waals surface area contributed by atoms with Crippen LogP contribution < -0.4 is 10.1 Å². The van der Waals surface area contributed by atoms with Gasteiger partial charge in [-0.05, 0) is 49.9 Å². The van der Waals surface area contributed by atoms with E-state index in [2.05, 4.69) is 5.32 Å². The van der Waals surface area contributed by atoms with Crippen LogP contribution in [0.1, 0.15) is 48.9 Å². The number of ether oxygens (including phenoxy) is 1. The lowest BCUT2D eigenvalue weighted by Gasteiger charge is -2.32. The predicted octanol–water partition coefficient (Wildman–Crippen LogP) is 2.61. The van der Waals surface area contributed by atoms with Gasteiger partial charge in [-0.15, -0.1) is 0 Å². The lowest BCUT2D eigenvalue weighted by atomic mass is 9.95. The van der Waals surface area contributed by atoms with Gasteiger partial charge in [-0.3, -0.25) is 9.59 Å². The maximum atomic E-state index is 12.5. The number of rotatable bonds is 4. The van der Waals surface area contributed by atoms with Crippen LogP contribution in [0.25, 0.3) is 0 Å². The van der Waals surface area contributed by atoms with Gasteiger partial charge in [-0.2, -0.15) is 0 Å². The topological polar surface area (TPSA) is 58.6 Å². The van der Waals surface area contributed by atoms with Gasteiger partial charge in [0.15, 0.2) is 0 Å². The minimum Gasteiger partial charge on any atom is -0.497 e. The molecule has 0 unspecified atom stereocenters. The standard InChI is InChI=1S/C19H26N2O3/c1-24-17-8-6-15(7-9-17)19(23)21-12-10-14(11-13-21)18(22)20-16-4-2-3-5-16/h6-9,14,16H,2-5,10-13H2,1H3,(H,20,22). The van der Waals surface area contributed by atoms with Crippen molar-refractivity contribution >= 4 is 11.8 Å². The summed E-state index contributed by atoms with van der Waals surface area (Å²) in [6.45, 7) is 1.29. The molecule has 0 aromatic heterocycles. The first-order chi connectivity index (χ1) is 11.7. The normalized spacial score (nSPS) is 19.3. The van der Waals surface area contributed by atoms with Gasteiger partial charge in [0.25, 0.3) is 5.91 Å². The zero-order chi connectivity index (χ0) is 16.9. The van der Waals surface area contributed by atoms with Crippen molar-refractivity contribution in [1.29, 1.82) is 0 Å². The molecule has 1 aromatic rings. The van der Waals surface area contributed by atoms with Crippen LogP contribution in [0.2, 0.25) is 0 Å². The first-order valence-electron chi connectivity index (χ1n) is 8.91. The molecule has 3 rings (SSSR count). The van der Waals surface area contributed by atoms with Crippen molar-refractivity contribution in [3.05, 3.63) is 29.8 Å². The van der Waals surface area contributed by atoms with E-state index < -0.39 is 0 Å². The number of carbonyl (C=O) groups excluding carboxylic acids is 2. The Balaban J connectivity index is 1.50. The Morgan fingerprint density at radius 3 is 2.25 bits per heavy atom. The average molecular weight is 330 g/mol. The van der Waals surface area contributed by atoms with Crippen molar-refractivity contribution in [1.82, 2.24) is 10.2 Å². The van der Waals surface area contributed by atoms with Gasteiger partial charge in [0, 0.05) is 30.6 Å². The van der Waals surface area contributed by atoms with Crippen LogP contribution in [-0.2, 0) is 4.79 Å². The molecule has 1 saturated carbocycles. The van der Waals surface area contributed by atoms with E-state index in [4.69, 9.17) is 4.74 Å². The summed E-state index contributed by atoms with van der Waals surface area (Å²) in [4.78, 5) is 26.7. The van der Waals surface area contributed by atoms with Gasteiger partial charge in [-0.1, -0.05) is 12.8 Å². The van der Waals surface area contributed by atoms with Gasteiger partial charge < -0.3 is 15.0 Å². The minimum atomic E-state index is 0.0345. The number of piperidine rings is 1. The summed E-state index contributed by atoms with van der Waals surface area (Å²) in [7, 11) is 1.61. The van der Waals surface area contributed by atoms with Crippen LogP contribution in [0, 0.1) is 5.92 Å². The second-order valence-electron chi connectivity index (χ2n) is 6.78. The molecular formula is C19H26N2O3. The molecule has 2 aliphatic rings. The number of nitrogens with one attached hydrogen (secondary N) is 1. The smallest absolute Gasteiger partial charge is 0.253 e. The van der Waals surface area contributed by atoms with Gasteiger partial charge >= 0.3 is 0 Å². The van der Waals surface area contributed by atoms with Crippen molar-refractivity contribution in [3.8, 4) is 5.75 Å². The van der Waals surface area contributed by atoms with E-state index in [0.717, 1.165) is 31.4 Å². The SMILES string of the molecule is COc1ccc(C(=O)N2CCC(C(=O)NC3CCCC3)CC2)cc1. The fraction of sp³-hybridized carbons (Fsp3) is 0.579. The van der Waals surface area contributed by atoms with E-state index in [-0.39, 0.29) is 17.7 Å². The number of hydrogen-bond donors (Lipinski definition) is 1. The molecular weight excluding hydrogens is 304 g/mol. The minimum absolute atomic E-state index is 0.0345. The van der Waals surface area contributed by atoms with Crippen molar-refractivity contribution < 1.29 is 14.3 Å². The molecule has 5 nitrogen and oxygen atoms in total. The second-order valence-corrected chi connectivity index (χ2v) is 6.78. The Morgan fingerprint density at radius 1 is 1.04 bits per heavy atom. The Bertz CT molecular complexity index is 571. The molecule has 5 heteroatoms. The van der Waals surface area contributed by atoms with Crippen LogP contribution >= 0.6 is 0 Å². The predicted molar refractivity (Wildman–Crippen MR) is 92.0 cm³/mol. The van der Waals surface area contributed by atoms with Crippen LogP contribution in [0.15, 0.2) is 24.3 Å². The molecule has 0 spiro atoms. The summed E-state index contributed by atoms with van der Waals surface area (Å²) < 4.78 is 5.12. The van der Waals surface area contributed by atoms with E-state index in [0.29, 0.717) is 24.7 Å². The van der Waals surface area contributed by atoms with Crippen molar-refractivity contribution in [2.75, 3.05) is 20.2 Å². The number of hydrogen-bond acceptors (Lipinski definition) is 3. The Morgan fingerprint density at radius 2 is 1.67 bits per heavy atom. The van der Waals surface area contributed by atoms with E-state index in [1.807, 2.05) is 4.90 Å². The molecule has 1 aliphatic carbocycles. The van der Waals surface area contributed by atoms with E-state index in [1.54, 1.807) is 31.4 Å². The van der Waals surface area contributed by atoms with Crippen LogP contribution in [0.4, 0.5) is 0 Å². The summed E-state index contributed by atoms with van der Waals surface area (Å²) >= 11 is 0. The molecule has 0 atom stereocenters. The van der Waals surface area contributed by atoms with Crippen LogP contribution in [0.5, 0.6) is 5.75 Å². The molecule has 1 aromatic carbocycles. The first-order valence-corrected chi connectivity index (χ1v) is 8.91. The summed E-state index contributed by atoms with van der Waals surface area (Å²) in [5.74, 6) is 1.00. The van der Waals surface area contributed by atoms with Crippen molar-refractivity contribution in [2.24, 2.45) is 5.92 Å². The molecule has 1 N–H and O–H groups in total. The van der Waals surface area contributed by atoms with Gasteiger partial charge in [0.05, 0.1) is 7.11 Å². The highest BCUT2D eigenvalue weighted by Gasteiger charge is 2.29. The quantitative estimate of drug-likeness (QED) is 0.923. The number of amides is 2. The molecule has 24 heavy (non-hydrogen) atoms. The van der Waals surface area contributed by atoms with E-state index in [1.165, 1.54) is 12.8 Å². The summed E-state index contributed by atoms with van der Waals surface area (Å²) in [5.41, 5.74) is 0.671. The Labute approximate surface area is 143 Å². The molecule has 1 heterocycles. The number of benzene rings is 1. The lowest BCUT2D eigenvalue weighted by Crippen LogP contribution is -2.44. The molecule has 2 fully saturated rings. The second kappa shape index (κ2) is 7.69. The number of carbonyl (C=O) groups is 2. The fourth-order valence-corrected chi connectivity index (χ4v) is 3.65. The number of likely N-dealkylation sites (tertiary alicyclic amines) is 1. The zero-order valence-electron chi connectivity index (χ0n) is 14.3. The van der Waals surface area contributed by atoms with Gasteiger partial charge in [0.2, 0.25) is 5.91 Å². The monoisotopic (exact) mass is 330 g/mol. The van der Waals surface area contributed by atoms with Crippen LogP contribution in [0.3, 0.4) is 0 Å². The fourth-order valence-electron chi connectivity index (χ4n) is 3.65. The largest absolute Gasteiger partial charge is 0.497 e. The highest BCUT2D eigenvalue weighted by atomic mass is 16.5. The summed E-state index contributed by atoms with van der Waals surface area (Å²) in [6.07, 6.45) is 6.17. The molecule has 0 bridgehead atoms. The maximum absolute atomic E-state index is 12.5. The average Bonchev–Trinajstić information content (AvgIpc) is 3.14. The molecule has 1 saturated heterocycles. The van der Waals surface area contributed by atoms with Gasteiger partial charge in [0.1, 0.15) is 5.75 Å². The Hall–Kier alpha value is -2.04. The highest BCUT2D eigenvalue weighted by Crippen LogP contribution is 2.22. The molecule has 2 amide bonds. The highest BCUT2D eigenvalue weighted by molar-refractivity contribution is 5.94. The van der Waals surface area contributed by atoms with E-state index in [9.17, 15) is 9.59 Å². The van der Waals surface area contributed by atoms with Crippen molar-refractivity contribution in [2.45, 2.75) is 44.6 Å². The molecule has 0 radical (unpaired) electrons. The maximum Gasteiger partial charge on any atom is 0.253 e.